The number of likely N-dealkylation sites (tertiary alicyclic amines) is 1. The van der Waals surface area contributed by atoms with E-state index in [0.29, 0.717) is 12.1 Å². The maximum Gasteiger partial charge on any atom is 0.490 e. The molecule has 0 aliphatic carbocycles. The Bertz CT molecular complexity index is 893. The molecule has 162 valence electrons. The van der Waals surface area contributed by atoms with Gasteiger partial charge in [0.15, 0.2) is 0 Å². The number of piperidine rings is 1. The summed E-state index contributed by atoms with van der Waals surface area (Å²) in [6, 6.07) is 11.2. The molecule has 1 amide bonds. The van der Waals surface area contributed by atoms with E-state index in [0.717, 1.165) is 42.8 Å². The first-order valence-corrected chi connectivity index (χ1v) is 9.76. The van der Waals surface area contributed by atoms with Gasteiger partial charge >= 0.3 is 12.1 Å². The molecule has 30 heavy (non-hydrogen) atoms. The van der Waals surface area contributed by atoms with Crippen molar-refractivity contribution in [1.82, 2.24) is 15.2 Å². The van der Waals surface area contributed by atoms with Crippen LogP contribution in [0.2, 0.25) is 0 Å². The second-order valence-electron chi connectivity index (χ2n) is 7.53. The molecule has 6 nitrogen and oxygen atoms in total. The molecule has 2 aliphatic heterocycles. The molecule has 3 N–H and O–H groups in total. The van der Waals surface area contributed by atoms with Crippen LogP contribution in [0.4, 0.5) is 13.2 Å². The molecule has 2 saturated heterocycles. The Labute approximate surface area is 172 Å². The number of benzene rings is 1. The number of aryl methyl sites for hydroxylation is 1. The van der Waals surface area contributed by atoms with Crippen LogP contribution in [0, 0.1) is 6.92 Å². The van der Waals surface area contributed by atoms with Crippen LogP contribution >= 0.6 is 0 Å². The summed E-state index contributed by atoms with van der Waals surface area (Å²) in [6.07, 6.45) is 0.126. The molecule has 9 heteroatoms. The summed E-state index contributed by atoms with van der Waals surface area (Å²) in [5.74, 6) is -2.59. The van der Waals surface area contributed by atoms with E-state index >= 15 is 0 Å². The van der Waals surface area contributed by atoms with E-state index in [2.05, 4.69) is 46.4 Å². The number of nitrogens with one attached hydrogen (secondary N) is 2. The monoisotopic (exact) mass is 423 g/mol. The second kappa shape index (κ2) is 8.91. The van der Waals surface area contributed by atoms with E-state index in [-0.39, 0.29) is 5.91 Å². The number of alkyl halides is 3. The van der Waals surface area contributed by atoms with Crippen LogP contribution in [0.3, 0.4) is 0 Å². The van der Waals surface area contributed by atoms with Gasteiger partial charge in [0.2, 0.25) is 0 Å². The Morgan fingerprint density at radius 2 is 1.83 bits per heavy atom. The highest BCUT2D eigenvalue weighted by molar-refractivity contribution is 5.95. The fraction of sp³-hybridized carbons (Fsp3) is 0.429. The van der Waals surface area contributed by atoms with Crippen molar-refractivity contribution in [1.29, 1.82) is 0 Å². The molecular formula is C21H24F3N3O3. The molecule has 0 saturated carbocycles. The Hall–Kier alpha value is -2.81. The zero-order valence-corrected chi connectivity index (χ0v) is 16.5. The molecule has 4 rings (SSSR count). The first kappa shape index (κ1) is 21.9. The highest BCUT2D eigenvalue weighted by Crippen LogP contribution is 2.27. The Kier molecular flexibility index (Phi) is 6.50. The number of carboxylic acid groups (broad SMARTS) is 1. The molecule has 2 aliphatic rings. The van der Waals surface area contributed by atoms with Crippen molar-refractivity contribution >= 4 is 11.9 Å². The van der Waals surface area contributed by atoms with E-state index in [9.17, 15) is 18.0 Å². The number of carbonyl (C=O) groups is 2. The Balaban J connectivity index is 0.000000318. The number of H-pyrrole nitrogens is 1. The minimum absolute atomic E-state index is 0.165. The fourth-order valence-corrected chi connectivity index (χ4v) is 3.90. The predicted molar refractivity (Wildman–Crippen MR) is 105 cm³/mol. The van der Waals surface area contributed by atoms with Gasteiger partial charge in [-0.15, -0.1) is 0 Å². The summed E-state index contributed by atoms with van der Waals surface area (Å²) in [6.45, 7) is 3.99. The summed E-state index contributed by atoms with van der Waals surface area (Å²) in [4.78, 5) is 27.2. The number of carbonyl (C=O) groups excluding carboxylic acids is 1. The van der Waals surface area contributed by atoms with Crippen LogP contribution < -0.4 is 5.32 Å². The average molecular weight is 423 g/mol. The largest absolute Gasteiger partial charge is 0.490 e. The zero-order valence-electron chi connectivity index (χ0n) is 16.5. The van der Waals surface area contributed by atoms with Crippen molar-refractivity contribution < 1.29 is 27.9 Å². The van der Waals surface area contributed by atoms with E-state index in [1.54, 1.807) is 0 Å². The normalized spacial score (nSPS) is 20.9. The van der Waals surface area contributed by atoms with Gasteiger partial charge in [0.1, 0.15) is 0 Å². The maximum atomic E-state index is 12.9. The van der Waals surface area contributed by atoms with Gasteiger partial charge in [-0.2, -0.15) is 13.2 Å². The molecule has 2 aromatic rings. The van der Waals surface area contributed by atoms with Crippen LogP contribution in [0.25, 0.3) is 11.3 Å². The van der Waals surface area contributed by atoms with Crippen LogP contribution in [-0.2, 0) is 4.79 Å². The lowest BCUT2D eigenvalue weighted by Gasteiger charge is -2.37. The lowest BCUT2D eigenvalue weighted by Crippen LogP contribution is -2.50. The Morgan fingerprint density at radius 3 is 2.47 bits per heavy atom. The lowest BCUT2D eigenvalue weighted by atomic mass is 9.96. The third-order valence-electron chi connectivity index (χ3n) is 5.42. The maximum absolute atomic E-state index is 12.9. The van der Waals surface area contributed by atoms with E-state index in [1.165, 1.54) is 12.0 Å². The topological polar surface area (TPSA) is 85.4 Å². The smallest absolute Gasteiger partial charge is 0.475 e. The quantitative estimate of drug-likeness (QED) is 0.689. The summed E-state index contributed by atoms with van der Waals surface area (Å²) in [5.41, 5.74) is 4.14. The molecule has 1 aromatic heterocycles. The molecule has 2 fully saturated rings. The number of hydrogen-bond donors (Lipinski definition) is 3. The van der Waals surface area contributed by atoms with Crippen LogP contribution in [0.15, 0.2) is 36.5 Å². The molecular weight excluding hydrogens is 399 g/mol. The van der Waals surface area contributed by atoms with E-state index in [4.69, 9.17) is 9.90 Å². The molecule has 2 unspecified atom stereocenters. The molecule has 1 aromatic carbocycles. The molecule has 0 bridgehead atoms. The fourth-order valence-electron chi connectivity index (χ4n) is 3.90. The second-order valence-corrected chi connectivity index (χ2v) is 7.53. The summed E-state index contributed by atoms with van der Waals surface area (Å²) in [5, 5.41) is 10.7. The third-order valence-corrected chi connectivity index (χ3v) is 5.42. The minimum Gasteiger partial charge on any atom is -0.475 e. The first-order chi connectivity index (χ1) is 14.2. The summed E-state index contributed by atoms with van der Waals surface area (Å²) in [7, 11) is 0. The number of nitrogens with zero attached hydrogens (tertiary/aromatic N) is 1. The lowest BCUT2D eigenvalue weighted by molar-refractivity contribution is -0.192. The van der Waals surface area contributed by atoms with Crippen LogP contribution in [0.5, 0.6) is 0 Å². The van der Waals surface area contributed by atoms with Gasteiger partial charge < -0.3 is 20.3 Å². The van der Waals surface area contributed by atoms with E-state index < -0.39 is 12.1 Å². The van der Waals surface area contributed by atoms with Crippen molar-refractivity contribution in [3.05, 3.63) is 47.7 Å². The van der Waals surface area contributed by atoms with Gasteiger partial charge in [0, 0.05) is 30.5 Å². The number of fused-ring (bicyclic) bond motifs is 1. The number of hydrogen-bond acceptors (Lipinski definition) is 3. The summed E-state index contributed by atoms with van der Waals surface area (Å²) >= 11 is 0. The highest BCUT2D eigenvalue weighted by atomic mass is 19.4. The van der Waals surface area contributed by atoms with Gasteiger partial charge in [-0.1, -0.05) is 29.8 Å². The van der Waals surface area contributed by atoms with Crippen molar-refractivity contribution in [3.8, 4) is 11.3 Å². The van der Waals surface area contributed by atoms with Gasteiger partial charge in [-0.05, 0) is 44.4 Å². The summed E-state index contributed by atoms with van der Waals surface area (Å²) < 4.78 is 31.7. The van der Waals surface area contributed by atoms with Gasteiger partial charge in [0.05, 0.1) is 5.56 Å². The Morgan fingerprint density at radius 1 is 1.17 bits per heavy atom. The SMILES string of the molecule is Cc1ccc(-c2cc(C(=O)N3CCCC4NCCC43)c[nH]2)cc1.O=C(O)C(F)(F)F. The number of aromatic nitrogens is 1. The van der Waals surface area contributed by atoms with Crippen molar-refractivity contribution in [2.45, 2.75) is 44.4 Å². The molecule has 0 radical (unpaired) electrons. The average Bonchev–Trinajstić information content (AvgIpc) is 3.37. The number of carboxylic acids is 1. The highest BCUT2D eigenvalue weighted by Gasteiger charge is 2.38. The minimum atomic E-state index is -5.08. The third kappa shape index (κ3) is 5.02. The number of aromatic amines is 1. The predicted octanol–water partition coefficient (Wildman–Crippen LogP) is 3.59. The number of aliphatic carboxylic acids is 1. The van der Waals surface area contributed by atoms with Gasteiger partial charge in [0.25, 0.3) is 5.91 Å². The number of halogens is 3. The van der Waals surface area contributed by atoms with Crippen LogP contribution in [-0.4, -0.2) is 58.2 Å². The molecule has 3 heterocycles. The standard InChI is InChI=1S/C19H23N3O.C2HF3O2/c1-13-4-6-14(7-5-13)17-11-15(12-21-17)19(23)22-10-2-3-16-18(22)8-9-20-16;3-2(4,5)1(6)7/h4-7,11-12,16,18,20-21H,2-3,8-10H2,1H3;(H,6,7). The van der Waals surface area contributed by atoms with Gasteiger partial charge in [-0.25, -0.2) is 4.79 Å². The number of rotatable bonds is 2. The van der Waals surface area contributed by atoms with Gasteiger partial charge in [-0.3, -0.25) is 4.79 Å². The first-order valence-electron chi connectivity index (χ1n) is 9.76. The van der Waals surface area contributed by atoms with E-state index in [1.807, 2.05) is 12.3 Å². The van der Waals surface area contributed by atoms with Crippen LogP contribution in [0.1, 0.15) is 35.2 Å². The van der Waals surface area contributed by atoms with Crippen molar-refractivity contribution in [3.63, 3.8) is 0 Å². The molecule has 0 spiro atoms. The molecule has 2 atom stereocenters. The van der Waals surface area contributed by atoms with Crippen molar-refractivity contribution in [2.24, 2.45) is 0 Å². The van der Waals surface area contributed by atoms with Crippen molar-refractivity contribution in [2.75, 3.05) is 13.1 Å². The number of amides is 1. The zero-order chi connectivity index (χ0) is 21.9.